The highest BCUT2D eigenvalue weighted by atomic mass is 16.5. The summed E-state index contributed by atoms with van der Waals surface area (Å²) in [7, 11) is 0. The molecule has 1 saturated heterocycles. The zero-order valence-corrected chi connectivity index (χ0v) is 14.9. The van der Waals surface area contributed by atoms with Gasteiger partial charge in [0.05, 0.1) is 5.56 Å². The largest absolute Gasteiger partial charge is 0.360 e. The van der Waals surface area contributed by atoms with E-state index in [2.05, 4.69) is 12.1 Å². The number of hydrogen-bond acceptors (Lipinski definition) is 4. The smallest absolute Gasteiger partial charge is 0.255 e. The fraction of sp³-hybridized carbons (Fsp3) is 0.556. The van der Waals surface area contributed by atoms with Crippen LogP contribution in [0.25, 0.3) is 5.82 Å². The molecule has 1 aliphatic heterocycles. The first-order valence-electron chi connectivity index (χ1n) is 8.56. The van der Waals surface area contributed by atoms with Crippen LogP contribution in [0.1, 0.15) is 47.3 Å². The number of aromatic nitrogens is 2. The highest BCUT2D eigenvalue weighted by molar-refractivity contribution is 5.96. The van der Waals surface area contributed by atoms with Gasteiger partial charge in [-0.05, 0) is 45.6 Å². The number of amides is 1. The van der Waals surface area contributed by atoms with Crippen molar-refractivity contribution < 1.29 is 9.32 Å². The molecule has 2 aromatic heterocycles. The molecule has 1 fully saturated rings. The van der Waals surface area contributed by atoms with Crippen LogP contribution in [0.15, 0.2) is 16.7 Å². The highest BCUT2D eigenvalue weighted by Crippen LogP contribution is 2.27. The molecule has 2 N–H and O–H groups in total. The van der Waals surface area contributed by atoms with Gasteiger partial charge in [0.15, 0.2) is 5.82 Å². The average molecular weight is 330 g/mol. The minimum Gasteiger partial charge on any atom is -0.360 e. The predicted octanol–water partition coefficient (Wildman–Crippen LogP) is 2.59. The fourth-order valence-corrected chi connectivity index (χ4v) is 3.69. The van der Waals surface area contributed by atoms with Crippen LogP contribution in [0.5, 0.6) is 0 Å². The molecule has 130 valence electrons. The van der Waals surface area contributed by atoms with Crippen LogP contribution in [0.3, 0.4) is 0 Å². The van der Waals surface area contributed by atoms with Crippen molar-refractivity contribution in [3.05, 3.63) is 34.8 Å². The van der Waals surface area contributed by atoms with Gasteiger partial charge in [-0.25, -0.2) is 0 Å². The molecule has 6 heteroatoms. The van der Waals surface area contributed by atoms with Gasteiger partial charge in [0.1, 0.15) is 5.76 Å². The van der Waals surface area contributed by atoms with E-state index in [1.807, 2.05) is 42.4 Å². The van der Waals surface area contributed by atoms with E-state index in [0.717, 1.165) is 42.1 Å². The highest BCUT2D eigenvalue weighted by Gasteiger charge is 2.31. The van der Waals surface area contributed by atoms with Gasteiger partial charge in [-0.2, -0.15) is 0 Å². The summed E-state index contributed by atoms with van der Waals surface area (Å²) >= 11 is 0. The Balaban J connectivity index is 1.94. The number of piperidine rings is 1. The minimum absolute atomic E-state index is 0.0666. The average Bonchev–Trinajstić information content (AvgIpc) is 3.09. The summed E-state index contributed by atoms with van der Waals surface area (Å²) < 4.78 is 7.14. The maximum atomic E-state index is 13.1. The van der Waals surface area contributed by atoms with Gasteiger partial charge in [-0.1, -0.05) is 12.1 Å². The van der Waals surface area contributed by atoms with E-state index in [0.29, 0.717) is 18.3 Å². The molecule has 1 amide bonds. The monoisotopic (exact) mass is 330 g/mol. The number of likely N-dealkylation sites (tertiary alicyclic amines) is 1. The van der Waals surface area contributed by atoms with Crippen LogP contribution in [0.4, 0.5) is 0 Å². The van der Waals surface area contributed by atoms with Crippen LogP contribution in [-0.2, 0) is 0 Å². The zero-order chi connectivity index (χ0) is 17.4. The molecule has 3 rings (SSSR count). The predicted molar refractivity (Wildman–Crippen MR) is 92.3 cm³/mol. The van der Waals surface area contributed by atoms with Gasteiger partial charge >= 0.3 is 0 Å². The van der Waals surface area contributed by atoms with Crippen molar-refractivity contribution in [2.45, 2.75) is 46.6 Å². The second-order valence-corrected chi connectivity index (χ2v) is 6.93. The third kappa shape index (κ3) is 2.86. The maximum absolute atomic E-state index is 13.1. The van der Waals surface area contributed by atoms with Crippen molar-refractivity contribution >= 4 is 5.91 Å². The summed E-state index contributed by atoms with van der Waals surface area (Å²) in [6, 6.07) is 3.94. The lowest BCUT2D eigenvalue weighted by molar-refractivity contribution is 0.0573. The Morgan fingerprint density at radius 3 is 2.75 bits per heavy atom. The number of carbonyl (C=O) groups excluding carboxylic acids is 1. The standard InChI is InChI=1S/C18H26N4O2/c1-11-5-6-21(15(7-11)10-19)18(23)16-8-12(2)22(14(16)4)17-9-13(3)24-20-17/h8-9,11,15H,5-7,10,19H2,1-4H3. The summed E-state index contributed by atoms with van der Waals surface area (Å²) in [5.41, 5.74) is 8.50. The Morgan fingerprint density at radius 1 is 1.38 bits per heavy atom. The van der Waals surface area contributed by atoms with E-state index in [9.17, 15) is 4.79 Å². The van der Waals surface area contributed by atoms with Crippen LogP contribution in [0, 0.1) is 26.7 Å². The molecule has 0 radical (unpaired) electrons. The van der Waals surface area contributed by atoms with E-state index < -0.39 is 0 Å². The van der Waals surface area contributed by atoms with Gasteiger partial charge in [0.25, 0.3) is 5.91 Å². The fourth-order valence-electron chi connectivity index (χ4n) is 3.69. The number of hydrogen-bond donors (Lipinski definition) is 1. The molecule has 0 spiro atoms. The first-order valence-corrected chi connectivity index (χ1v) is 8.56. The summed E-state index contributed by atoms with van der Waals surface area (Å²) in [6.07, 6.45) is 2.01. The van der Waals surface area contributed by atoms with E-state index >= 15 is 0 Å². The number of rotatable bonds is 3. The van der Waals surface area contributed by atoms with Crippen molar-refractivity contribution in [3.63, 3.8) is 0 Å². The summed E-state index contributed by atoms with van der Waals surface area (Å²) in [5.74, 6) is 2.15. The van der Waals surface area contributed by atoms with E-state index in [-0.39, 0.29) is 11.9 Å². The molecule has 0 bridgehead atoms. The molecule has 24 heavy (non-hydrogen) atoms. The van der Waals surface area contributed by atoms with Crippen molar-refractivity contribution in [1.82, 2.24) is 14.6 Å². The lowest BCUT2D eigenvalue weighted by Crippen LogP contribution is -2.49. The number of nitrogens with two attached hydrogens (primary N) is 1. The molecule has 0 aliphatic carbocycles. The second kappa shape index (κ2) is 6.43. The maximum Gasteiger partial charge on any atom is 0.255 e. The van der Waals surface area contributed by atoms with Gasteiger partial charge in [0.2, 0.25) is 0 Å². The van der Waals surface area contributed by atoms with Crippen LogP contribution in [-0.4, -0.2) is 39.7 Å². The molecular formula is C18H26N4O2. The Hall–Kier alpha value is -2.08. The molecule has 0 saturated carbocycles. The summed E-state index contributed by atoms with van der Waals surface area (Å²) in [6.45, 7) is 9.30. The van der Waals surface area contributed by atoms with Crippen LogP contribution >= 0.6 is 0 Å². The number of carbonyl (C=O) groups is 1. The third-order valence-electron chi connectivity index (χ3n) is 5.02. The van der Waals surface area contributed by atoms with Crippen molar-refractivity contribution in [2.75, 3.05) is 13.1 Å². The van der Waals surface area contributed by atoms with Gasteiger partial charge < -0.3 is 15.2 Å². The minimum atomic E-state index is 0.0666. The Labute approximate surface area is 142 Å². The molecule has 0 aromatic carbocycles. The Morgan fingerprint density at radius 2 is 2.12 bits per heavy atom. The first-order chi connectivity index (χ1) is 11.4. The summed E-state index contributed by atoms with van der Waals surface area (Å²) in [5, 5.41) is 4.08. The lowest BCUT2D eigenvalue weighted by Gasteiger charge is -2.38. The van der Waals surface area contributed by atoms with Crippen LogP contribution in [0.2, 0.25) is 0 Å². The molecule has 1 aliphatic rings. The van der Waals surface area contributed by atoms with Crippen molar-refractivity contribution in [3.8, 4) is 5.82 Å². The molecular weight excluding hydrogens is 304 g/mol. The SMILES string of the molecule is Cc1cc(-n2c(C)cc(C(=O)N3CCC(C)CC3CN)c2C)no1. The Kier molecular flexibility index (Phi) is 4.49. The van der Waals surface area contributed by atoms with Crippen molar-refractivity contribution in [1.29, 1.82) is 0 Å². The number of aryl methyl sites for hydroxylation is 2. The molecule has 2 unspecified atom stereocenters. The quantitative estimate of drug-likeness (QED) is 0.938. The Bertz CT molecular complexity index is 746. The van der Waals surface area contributed by atoms with Crippen molar-refractivity contribution in [2.24, 2.45) is 11.7 Å². The van der Waals surface area contributed by atoms with E-state index in [1.54, 1.807) is 0 Å². The van der Waals surface area contributed by atoms with E-state index in [1.165, 1.54) is 0 Å². The first kappa shape index (κ1) is 16.8. The van der Waals surface area contributed by atoms with Gasteiger partial charge in [-0.3, -0.25) is 9.36 Å². The molecule has 2 aromatic rings. The normalized spacial score (nSPS) is 21.3. The van der Waals surface area contributed by atoms with Gasteiger partial charge in [-0.15, -0.1) is 0 Å². The third-order valence-corrected chi connectivity index (χ3v) is 5.02. The molecule has 6 nitrogen and oxygen atoms in total. The molecule has 2 atom stereocenters. The summed E-state index contributed by atoms with van der Waals surface area (Å²) in [4.78, 5) is 15.1. The van der Waals surface area contributed by atoms with E-state index in [4.69, 9.17) is 10.3 Å². The second-order valence-electron chi connectivity index (χ2n) is 6.93. The topological polar surface area (TPSA) is 77.3 Å². The van der Waals surface area contributed by atoms with Gasteiger partial charge in [0, 0.05) is 36.6 Å². The molecule has 3 heterocycles. The zero-order valence-electron chi connectivity index (χ0n) is 14.9. The number of nitrogens with zero attached hydrogens (tertiary/aromatic N) is 3. The lowest BCUT2D eigenvalue weighted by atomic mass is 9.92. The van der Waals surface area contributed by atoms with Crippen LogP contribution < -0.4 is 5.73 Å².